The number of halogens is 1. The minimum Gasteiger partial charge on any atom is -0.294 e. The number of fused-ring (bicyclic) bond motifs is 2. The molecule has 0 aromatic heterocycles. The van der Waals surface area contributed by atoms with Gasteiger partial charge in [0.1, 0.15) is 0 Å². The number of benzene rings is 1. The first-order chi connectivity index (χ1) is 8.65. The Morgan fingerprint density at radius 2 is 2.17 bits per heavy atom. The van der Waals surface area contributed by atoms with Crippen LogP contribution in [0, 0.1) is 24.7 Å². The number of hydrogen-bond acceptors (Lipinski definition) is 1. The van der Waals surface area contributed by atoms with E-state index in [-0.39, 0.29) is 5.78 Å². The molecular formula is C16H19ClO. The van der Waals surface area contributed by atoms with E-state index in [1.165, 1.54) is 25.7 Å². The summed E-state index contributed by atoms with van der Waals surface area (Å²) in [6.45, 7) is 1.96. The number of hydrogen-bond donors (Lipinski definition) is 0. The third kappa shape index (κ3) is 2.09. The number of Topliss-reactive ketones (excluding diaryl/α,β-unsaturated/α-hetero) is 1. The van der Waals surface area contributed by atoms with Crippen molar-refractivity contribution < 1.29 is 4.79 Å². The summed E-state index contributed by atoms with van der Waals surface area (Å²) < 4.78 is 0. The largest absolute Gasteiger partial charge is 0.294 e. The van der Waals surface area contributed by atoms with E-state index in [9.17, 15) is 4.79 Å². The third-order valence-corrected chi connectivity index (χ3v) is 5.33. The molecule has 0 saturated heterocycles. The van der Waals surface area contributed by atoms with E-state index in [1.807, 2.05) is 25.1 Å². The van der Waals surface area contributed by atoms with Crippen LogP contribution in [0.15, 0.2) is 18.2 Å². The fourth-order valence-corrected chi connectivity index (χ4v) is 4.07. The SMILES string of the molecule is Cc1cccc(C(=O)CC2CC3CCC2C3)c1Cl. The quantitative estimate of drug-likeness (QED) is 0.724. The van der Waals surface area contributed by atoms with Crippen LogP contribution < -0.4 is 0 Å². The van der Waals surface area contributed by atoms with Gasteiger partial charge in [0.2, 0.25) is 0 Å². The molecule has 2 aliphatic carbocycles. The van der Waals surface area contributed by atoms with Crippen molar-refractivity contribution >= 4 is 17.4 Å². The second kappa shape index (κ2) is 4.70. The van der Waals surface area contributed by atoms with Crippen LogP contribution in [0.25, 0.3) is 0 Å². The first-order valence-corrected chi connectivity index (χ1v) is 7.31. The number of aryl methyl sites for hydroxylation is 1. The van der Waals surface area contributed by atoms with Crippen molar-refractivity contribution in [1.82, 2.24) is 0 Å². The zero-order valence-electron chi connectivity index (χ0n) is 10.8. The van der Waals surface area contributed by atoms with Gasteiger partial charge in [0.15, 0.2) is 5.78 Å². The Balaban J connectivity index is 1.73. The predicted molar refractivity (Wildman–Crippen MR) is 74.1 cm³/mol. The van der Waals surface area contributed by atoms with E-state index in [0.717, 1.165) is 23.0 Å². The van der Waals surface area contributed by atoms with Crippen LogP contribution in [0.2, 0.25) is 5.02 Å². The highest BCUT2D eigenvalue weighted by Crippen LogP contribution is 2.49. The molecule has 2 saturated carbocycles. The van der Waals surface area contributed by atoms with E-state index < -0.39 is 0 Å². The maximum absolute atomic E-state index is 12.4. The third-order valence-electron chi connectivity index (χ3n) is 4.82. The molecule has 3 unspecified atom stereocenters. The molecule has 2 bridgehead atoms. The number of rotatable bonds is 3. The van der Waals surface area contributed by atoms with E-state index in [1.54, 1.807) is 0 Å². The smallest absolute Gasteiger partial charge is 0.164 e. The molecule has 0 N–H and O–H groups in total. The fourth-order valence-electron chi connectivity index (χ4n) is 3.84. The molecule has 18 heavy (non-hydrogen) atoms. The summed E-state index contributed by atoms with van der Waals surface area (Å²) in [5.41, 5.74) is 1.72. The average molecular weight is 263 g/mol. The minimum atomic E-state index is 0.237. The Kier molecular flexibility index (Phi) is 3.19. The monoisotopic (exact) mass is 262 g/mol. The van der Waals surface area contributed by atoms with Crippen LogP contribution in [0.4, 0.5) is 0 Å². The van der Waals surface area contributed by atoms with Gasteiger partial charge in [0.05, 0.1) is 5.02 Å². The molecule has 3 atom stereocenters. The predicted octanol–water partition coefficient (Wildman–Crippen LogP) is 4.66. The second-order valence-electron chi connectivity index (χ2n) is 6.00. The molecule has 0 aliphatic heterocycles. The highest BCUT2D eigenvalue weighted by atomic mass is 35.5. The van der Waals surface area contributed by atoms with Crippen LogP contribution in [0.1, 0.15) is 48.0 Å². The van der Waals surface area contributed by atoms with Gasteiger partial charge in [-0.3, -0.25) is 4.79 Å². The maximum Gasteiger partial charge on any atom is 0.164 e. The normalized spacial score (nSPS) is 29.8. The summed E-state index contributed by atoms with van der Waals surface area (Å²) in [6.07, 6.45) is 6.05. The maximum atomic E-state index is 12.4. The van der Waals surface area contributed by atoms with E-state index >= 15 is 0 Å². The number of ketones is 1. The molecule has 1 nitrogen and oxygen atoms in total. The lowest BCUT2D eigenvalue weighted by molar-refractivity contribution is 0.0944. The van der Waals surface area contributed by atoms with Gasteiger partial charge in [-0.25, -0.2) is 0 Å². The van der Waals surface area contributed by atoms with Crippen molar-refractivity contribution in [1.29, 1.82) is 0 Å². The van der Waals surface area contributed by atoms with Gasteiger partial charge in [0, 0.05) is 12.0 Å². The number of carbonyl (C=O) groups is 1. The molecular weight excluding hydrogens is 244 g/mol. The lowest BCUT2D eigenvalue weighted by atomic mass is 9.84. The molecule has 1 aromatic rings. The summed E-state index contributed by atoms with van der Waals surface area (Å²) in [5.74, 6) is 2.57. The van der Waals surface area contributed by atoms with Crippen LogP contribution in [-0.2, 0) is 0 Å². The van der Waals surface area contributed by atoms with Gasteiger partial charge in [-0.1, -0.05) is 30.2 Å². The molecule has 2 aliphatic rings. The topological polar surface area (TPSA) is 17.1 Å². The first kappa shape index (κ1) is 12.2. The highest BCUT2D eigenvalue weighted by molar-refractivity contribution is 6.34. The Bertz CT molecular complexity index is 480. The fraction of sp³-hybridized carbons (Fsp3) is 0.562. The lowest BCUT2D eigenvalue weighted by Gasteiger charge is -2.21. The summed E-state index contributed by atoms with van der Waals surface area (Å²) >= 11 is 6.23. The molecule has 0 radical (unpaired) electrons. The van der Waals surface area contributed by atoms with Crippen molar-refractivity contribution in [3.05, 3.63) is 34.3 Å². The van der Waals surface area contributed by atoms with Crippen molar-refractivity contribution in [3.8, 4) is 0 Å². The van der Waals surface area contributed by atoms with Crippen LogP contribution in [0.3, 0.4) is 0 Å². The Labute approximate surface area is 114 Å². The van der Waals surface area contributed by atoms with Gasteiger partial charge in [-0.05, 0) is 55.6 Å². The average Bonchev–Trinajstić information content (AvgIpc) is 2.94. The van der Waals surface area contributed by atoms with Gasteiger partial charge in [0.25, 0.3) is 0 Å². The van der Waals surface area contributed by atoms with E-state index in [0.29, 0.717) is 17.4 Å². The molecule has 2 fully saturated rings. The zero-order valence-corrected chi connectivity index (χ0v) is 11.5. The van der Waals surface area contributed by atoms with Crippen molar-refractivity contribution in [2.45, 2.75) is 39.0 Å². The van der Waals surface area contributed by atoms with Gasteiger partial charge in [-0.2, -0.15) is 0 Å². The molecule has 3 rings (SSSR count). The Morgan fingerprint density at radius 3 is 2.83 bits per heavy atom. The molecule has 96 valence electrons. The summed E-state index contributed by atoms with van der Waals surface area (Å²) in [4.78, 5) is 12.4. The number of carbonyl (C=O) groups excluding carboxylic acids is 1. The van der Waals surface area contributed by atoms with Gasteiger partial charge in [-0.15, -0.1) is 0 Å². The van der Waals surface area contributed by atoms with Crippen molar-refractivity contribution in [3.63, 3.8) is 0 Å². The summed E-state index contributed by atoms with van der Waals surface area (Å²) in [7, 11) is 0. The van der Waals surface area contributed by atoms with Crippen LogP contribution >= 0.6 is 11.6 Å². The highest BCUT2D eigenvalue weighted by Gasteiger charge is 2.40. The van der Waals surface area contributed by atoms with Gasteiger partial charge < -0.3 is 0 Å². The van der Waals surface area contributed by atoms with Crippen LogP contribution in [0.5, 0.6) is 0 Å². The van der Waals surface area contributed by atoms with E-state index in [4.69, 9.17) is 11.6 Å². The summed E-state index contributed by atoms with van der Waals surface area (Å²) in [6, 6.07) is 5.75. The second-order valence-corrected chi connectivity index (χ2v) is 6.38. The minimum absolute atomic E-state index is 0.237. The molecule has 0 amide bonds. The molecule has 0 heterocycles. The van der Waals surface area contributed by atoms with Crippen molar-refractivity contribution in [2.24, 2.45) is 17.8 Å². The Morgan fingerprint density at radius 1 is 1.33 bits per heavy atom. The summed E-state index contributed by atoms with van der Waals surface area (Å²) in [5, 5.41) is 0.644. The van der Waals surface area contributed by atoms with Gasteiger partial charge >= 0.3 is 0 Å². The van der Waals surface area contributed by atoms with E-state index in [2.05, 4.69) is 0 Å². The Hall–Kier alpha value is -0.820. The standard InChI is InChI=1S/C16H19ClO/c1-10-3-2-4-14(16(10)17)15(18)9-13-8-11-5-6-12(13)7-11/h2-4,11-13H,5-9H2,1H3. The van der Waals surface area contributed by atoms with Crippen LogP contribution in [-0.4, -0.2) is 5.78 Å². The first-order valence-electron chi connectivity index (χ1n) is 6.93. The molecule has 0 spiro atoms. The lowest BCUT2D eigenvalue weighted by Crippen LogP contribution is -2.15. The molecule has 1 aromatic carbocycles. The van der Waals surface area contributed by atoms with Crippen molar-refractivity contribution in [2.75, 3.05) is 0 Å². The molecule has 2 heteroatoms. The zero-order chi connectivity index (χ0) is 12.7.